The lowest BCUT2D eigenvalue weighted by atomic mass is 10.2. The molecule has 0 aromatic rings. The van der Waals surface area contributed by atoms with E-state index >= 15 is 0 Å². The van der Waals surface area contributed by atoms with Crippen molar-refractivity contribution in [1.29, 1.82) is 0 Å². The van der Waals surface area contributed by atoms with Crippen LogP contribution in [0.3, 0.4) is 0 Å². The molecule has 5 nitrogen and oxygen atoms in total. The number of primary amides is 1. The van der Waals surface area contributed by atoms with Crippen molar-refractivity contribution in [2.45, 2.75) is 38.6 Å². The van der Waals surface area contributed by atoms with E-state index in [9.17, 15) is 9.59 Å². The van der Waals surface area contributed by atoms with Gasteiger partial charge >= 0.3 is 0 Å². The van der Waals surface area contributed by atoms with Gasteiger partial charge in [0.1, 0.15) is 0 Å². The summed E-state index contributed by atoms with van der Waals surface area (Å²) in [6, 6.07) is -0.214. The lowest BCUT2D eigenvalue weighted by Crippen LogP contribution is -2.35. The molecule has 1 atom stereocenters. The van der Waals surface area contributed by atoms with Crippen molar-refractivity contribution < 1.29 is 14.7 Å². The highest BCUT2D eigenvalue weighted by atomic mass is 16.3. The average molecular weight is 202 g/mol. The monoisotopic (exact) mass is 202 g/mol. The molecule has 0 aliphatic carbocycles. The van der Waals surface area contributed by atoms with Gasteiger partial charge in [0.25, 0.3) is 0 Å². The average Bonchev–Trinajstić information content (AvgIpc) is 2.02. The van der Waals surface area contributed by atoms with Gasteiger partial charge in [0.2, 0.25) is 11.8 Å². The van der Waals surface area contributed by atoms with E-state index in [1.165, 1.54) is 0 Å². The molecule has 1 unspecified atom stereocenters. The maximum atomic E-state index is 11.2. The second kappa shape index (κ2) is 7.32. The van der Waals surface area contributed by atoms with E-state index in [1.54, 1.807) is 6.92 Å². The molecule has 2 amide bonds. The summed E-state index contributed by atoms with van der Waals surface area (Å²) in [5.74, 6) is -0.527. The Hall–Kier alpha value is -1.10. The minimum absolute atomic E-state index is 0.101. The Labute approximate surface area is 83.7 Å². The van der Waals surface area contributed by atoms with Crippen molar-refractivity contribution in [1.82, 2.24) is 5.32 Å². The summed E-state index contributed by atoms with van der Waals surface area (Å²) < 4.78 is 0. The van der Waals surface area contributed by atoms with Crippen molar-refractivity contribution in [3.63, 3.8) is 0 Å². The third kappa shape index (κ3) is 7.54. The van der Waals surface area contributed by atoms with Crippen LogP contribution in [0.5, 0.6) is 0 Å². The predicted molar refractivity (Wildman–Crippen MR) is 52.4 cm³/mol. The summed E-state index contributed by atoms with van der Waals surface area (Å²) in [7, 11) is 0. The van der Waals surface area contributed by atoms with Crippen LogP contribution < -0.4 is 11.1 Å². The molecule has 0 aromatic heterocycles. The number of hydrogen-bond acceptors (Lipinski definition) is 3. The fraction of sp³-hybridized carbons (Fsp3) is 0.778. The first-order valence-electron chi connectivity index (χ1n) is 4.74. The highest BCUT2D eigenvalue weighted by molar-refractivity contribution is 5.78. The Bertz CT molecular complexity index is 194. The van der Waals surface area contributed by atoms with E-state index < -0.39 is 5.91 Å². The van der Waals surface area contributed by atoms with Gasteiger partial charge < -0.3 is 16.2 Å². The summed E-state index contributed by atoms with van der Waals surface area (Å²) in [5.41, 5.74) is 4.97. The van der Waals surface area contributed by atoms with Crippen molar-refractivity contribution in [2.75, 3.05) is 6.61 Å². The first-order valence-corrected chi connectivity index (χ1v) is 4.74. The van der Waals surface area contributed by atoms with Crippen molar-refractivity contribution >= 4 is 11.8 Å². The second-order valence-corrected chi connectivity index (χ2v) is 3.32. The smallest absolute Gasteiger partial charge is 0.220 e. The van der Waals surface area contributed by atoms with Gasteiger partial charge in [0.15, 0.2) is 0 Å². The highest BCUT2D eigenvalue weighted by Crippen LogP contribution is 1.96. The first kappa shape index (κ1) is 12.9. The molecule has 0 aliphatic rings. The van der Waals surface area contributed by atoms with Crippen LogP contribution in [0.4, 0.5) is 0 Å². The van der Waals surface area contributed by atoms with Gasteiger partial charge in [0, 0.05) is 25.5 Å². The van der Waals surface area contributed by atoms with Crippen LogP contribution in [0.25, 0.3) is 0 Å². The van der Waals surface area contributed by atoms with Gasteiger partial charge in [-0.15, -0.1) is 0 Å². The van der Waals surface area contributed by atoms with Crippen LogP contribution in [0.15, 0.2) is 0 Å². The second-order valence-electron chi connectivity index (χ2n) is 3.32. The zero-order chi connectivity index (χ0) is 11.0. The zero-order valence-electron chi connectivity index (χ0n) is 8.45. The van der Waals surface area contributed by atoms with Crippen LogP contribution in [0.1, 0.15) is 32.6 Å². The largest absolute Gasteiger partial charge is 0.396 e. The molecule has 0 radical (unpaired) electrons. The van der Waals surface area contributed by atoms with Crippen LogP contribution in [0, 0.1) is 0 Å². The van der Waals surface area contributed by atoms with Crippen molar-refractivity contribution in [3.05, 3.63) is 0 Å². The molecule has 0 saturated heterocycles. The number of aliphatic hydroxyl groups is 1. The van der Waals surface area contributed by atoms with Gasteiger partial charge in [-0.25, -0.2) is 0 Å². The molecule has 0 aliphatic heterocycles. The van der Waals surface area contributed by atoms with E-state index in [4.69, 9.17) is 10.8 Å². The molecule has 0 spiro atoms. The first-order chi connectivity index (χ1) is 6.56. The van der Waals surface area contributed by atoms with Gasteiger partial charge in [-0.2, -0.15) is 0 Å². The number of hydrogen-bond donors (Lipinski definition) is 3. The Morgan fingerprint density at radius 3 is 2.57 bits per heavy atom. The minimum Gasteiger partial charge on any atom is -0.396 e. The molecule has 0 rings (SSSR count). The zero-order valence-corrected chi connectivity index (χ0v) is 8.45. The molecule has 0 fully saturated rings. The predicted octanol–water partition coefficient (Wildman–Crippen LogP) is -0.471. The fourth-order valence-electron chi connectivity index (χ4n) is 1.10. The lowest BCUT2D eigenvalue weighted by Gasteiger charge is -2.11. The number of carbonyl (C=O) groups is 2. The molecule has 0 aromatic carbocycles. The number of amides is 2. The molecular formula is C9H18N2O3. The summed E-state index contributed by atoms with van der Waals surface area (Å²) in [6.45, 7) is 1.83. The number of carbonyl (C=O) groups excluding carboxylic acids is 2. The Morgan fingerprint density at radius 2 is 2.07 bits per heavy atom. The van der Waals surface area contributed by atoms with Crippen molar-refractivity contribution in [2.24, 2.45) is 5.73 Å². The Balaban J connectivity index is 3.55. The summed E-state index contributed by atoms with van der Waals surface area (Å²) >= 11 is 0. The molecule has 14 heavy (non-hydrogen) atoms. The Kier molecular flexibility index (Phi) is 6.74. The molecule has 0 bridgehead atoms. The normalized spacial score (nSPS) is 12.1. The minimum atomic E-state index is -0.423. The molecule has 0 saturated carbocycles. The topological polar surface area (TPSA) is 92.4 Å². The van der Waals surface area contributed by atoms with E-state index in [1.807, 2.05) is 0 Å². The Morgan fingerprint density at radius 1 is 1.43 bits per heavy atom. The summed E-state index contributed by atoms with van der Waals surface area (Å²) in [6.07, 6.45) is 1.82. The van der Waals surface area contributed by atoms with Gasteiger partial charge in [-0.1, -0.05) is 0 Å². The maximum Gasteiger partial charge on any atom is 0.220 e. The number of unbranched alkanes of at least 4 members (excludes halogenated alkanes) is 1. The fourth-order valence-corrected chi connectivity index (χ4v) is 1.10. The summed E-state index contributed by atoms with van der Waals surface area (Å²) in [4.78, 5) is 21.7. The number of nitrogens with two attached hydrogens (primary N) is 1. The quantitative estimate of drug-likeness (QED) is 0.487. The molecule has 4 N–H and O–H groups in total. The van der Waals surface area contributed by atoms with Crippen LogP contribution >= 0.6 is 0 Å². The van der Waals surface area contributed by atoms with Crippen LogP contribution in [-0.4, -0.2) is 29.6 Å². The molecule has 82 valence electrons. The van der Waals surface area contributed by atoms with Crippen LogP contribution in [-0.2, 0) is 9.59 Å². The maximum absolute atomic E-state index is 11.2. The standard InChI is InChI=1S/C9H18N2O3/c1-7(6-8(10)13)11-9(14)4-2-3-5-12/h7,12H,2-6H2,1H3,(H2,10,13)(H,11,14). The molecule has 5 heteroatoms. The third-order valence-electron chi connectivity index (χ3n) is 1.73. The van der Waals surface area contributed by atoms with E-state index in [2.05, 4.69) is 5.32 Å². The third-order valence-corrected chi connectivity index (χ3v) is 1.73. The van der Waals surface area contributed by atoms with E-state index in [0.29, 0.717) is 19.3 Å². The van der Waals surface area contributed by atoms with Gasteiger partial charge in [0.05, 0.1) is 0 Å². The summed E-state index contributed by atoms with van der Waals surface area (Å²) in [5, 5.41) is 11.1. The van der Waals surface area contributed by atoms with Crippen LogP contribution in [0.2, 0.25) is 0 Å². The molecule has 0 heterocycles. The number of rotatable bonds is 7. The van der Waals surface area contributed by atoms with E-state index in [-0.39, 0.29) is 25.0 Å². The molecular weight excluding hydrogens is 184 g/mol. The SMILES string of the molecule is CC(CC(N)=O)NC(=O)CCCCO. The van der Waals surface area contributed by atoms with Gasteiger partial charge in [-0.3, -0.25) is 9.59 Å². The van der Waals surface area contributed by atoms with Gasteiger partial charge in [-0.05, 0) is 19.8 Å². The lowest BCUT2D eigenvalue weighted by molar-refractivity contribution is -0.122. The highest BCUT2D eigenvalue weighted by Gasteiger charge is 2.08. The number of nitrogens with one attached hydrogen (secondary N) is 1. The van der Waals surface area contributed by atoms with E-state index in [0.717, 1.165) is 0 Å². The van der Waals surface area contributed by atoms with Crippen molar-refractivity contribution in [3.8, 4) is 0 Å². The number of aliphatic hydroxyl groups excluding tert-OH is 1.